The van der Waals surface area contributed by atoms with Gasteiger partial charge in [0, 0.05) is 34.8 Å². The number of benzene rings is 3. The lowest BCUT2D eigenvalue weighted by molar-refractivity contribution is 0.0695. The molecule has 0 radical (unpaired) electrons. The second-order valence-electron chi connectivity index (χ2n) is 8.40. The molecule has 0 saturated carbocycles. The highest BCUT2D eigenvalue weighted by molar-refractivity contribution is 6.09. The molecule has 0 fully saturated rings. The number of fused-ring (bicyclic) bond motifs is 1. The highest BCUT2D eigenvalue weighted by Gasteiger charge is 2.29. The summed E-state index contributed by atoms with van der Waals surface area (Å²) in [5, 5.41) is 13.2. The van der Waals surface area contributed by atoms with Crippen LogP contribution in [-0.2, 0) is 24.2 Å². The predicted octanol–water partition coefficient (Wildman–Crippen LogP) is 4.73. The van der Waals surface area contributed by atoms with Gasteiger partial charge < -0.3 is 25.9 Å². The summed E-state index contributed by atoms with van der Waals surface area (Å²) in [7, 11) is 0. The Morgan fingerprint density at radius 2 is 1.75 bits per heavy atom. The Kier molecular flexibility index (Phi) is 7.34. The molecule has 1 aromatic heterocycles. The quantitative estimate of drug-likeness (QED) is 0.200. The maximum Gasteiger partial charge on any atom is 0.408 e. The number of aromatic carboxylic acids is 1. The minimum Gasteiger partial charge on any atom is -0.478 e. The van der Waals surface area contributed by atoms with Crippen molar-refractivity contribution in [1.29, 1.82) is 0 Å². The molecule has 0 bridgehead atoms. The van der Waals surface area contributed by atoms with Crippen LogP contribution in [0.2, 0.25) is 0 Å². The lowest BCUT2D eigenvalue weighted by atomic mass is 9.89. The molecular weight excluding hydrogens is 458 g/mol. The number of para-hydroxylation sites is 1. The molecule has 8 heteroatoms. The van der Waals surface area contributed by atoms with E-state index in [2.05, 4.69) is 10.3 Å². The van der Waals surface area contributed by atoms with Crippen LogP contribution in [0.15, 0.2) is 72.9 Å². The summed E-state index contributed by atoms with van der Waals surface area (Å²) in [5.74, 6) is -1.63. The highest BCUT2D eigenvalue weighted by Crippen LogP contribution is 2.26. The van der Waals surface area contributed by atoms with Crippen LogP contribution in [0.1, 0.15) is 44.3 Å². The van der Waals surface area contributed by atoms with E-state index in [1.165, 1.54) is 12.1 Å². The monoisotopic (exact) mass is 485 g/mol. The normalized spacial score (nSPS) is 11.7. The summed E-state index contributed by atoms with van der Waals surface area (Å²) in [5.41, 5.74) is 9.28. The molecule has 1 heterocycles. The van der Waals surface area contributed by atoms with Gasteiger partial charge in [-0.2, -0.15) is 0 Å². The van der Waals surface area contributed by atoms with Crippen LogP contribution in [0.4, 0.5) is 10.5 Å². The van der Waals surface area contributed by atoms with Crippen molar-refractivity contribution in [1.82, 2.24) is 10.3 Å². The lowest BCUT2D eigenvalue weighted by Crippen LogP contribution is -2.43. The summed E-state index contributed by atoms with van der Waals surface area (Å²) in [6.07, 6.45) is 1.47. The minimum absolute atomic E-state index is 0.00699. The van der Waals surface area contributed by atoms with E-state index in [1.807, 2.05) is 54.6 Å². The Hall–Kier alpha value is -4.59. The van der Waals surface area contributed by atoms with Crippen molar-refractivity contribution < 1.29 is 24.2 Å². The number of carbonyl (C=O) groups is 3. The topological polar surface area (TPSA) is 135 Å². The molecule has 5 N–H and O–H groups in total. The molecule has 0 unspecified atom stereocenters. The number of rotatable bonds is 9. The number of nitrogen functional groups attached to an aromatic ring is 1. The van der Waals surface area contributed by atoms with Crippen LogP contribution < -0.4 is 11.1 Å². The number of nitrogens with two attached hydrogens (primary N) is 1. The molecule has 8 nitrogen and oxygen atoms in total. The molecule has 0 aliphatic rings. The standard InChI is InChI=1S/C28H27N3O5/c1-2-19-21(27(33)34)12-13-22(29)25(19)26(32)24(14-18-15-30-23-11-7-6-10-20(18)23)31-28(35)36-16-17-8-4-3-5-9-17/h3-13,15,24,30H,2,14,16,29H2,1H3,(H,31,35)(H,33,34)/t24-/m0/s1. The Balaban J connectivity index is 1.67. The van der Waals surface area contributed by atoms with Gasteiger partial charge in [-0.15, -0.1) is 0 Å². The first-order chi connectivity index (χ1) is 17.4. The van der Waals surface area contributed by atoms with Gasteiger partial charge in [0.15, 0.2) is 5.78 Å². The Morgan fingerprint density at radius 1 is 1.03 bits per heavy atom. The first-order valence-corrected chi connectivity index (χ1v) is 11.6. The van der Waals surface area contributed by atoms with Crippen LogP contribution >= 0.6 is 0 Å². The number of aromatic nitrogens is 1. The Bertz CT molecular complexity index is 1410. The molecule has 184 valence electrons. The fourth-order valence-electron chi connectivity index (χ4n) is 4.34. The average Bonchev–Trinajstić information content (AvgIpc) is 3.29. The first kappa shape index (κ1) is 24.5. The molecule has 1 atom stereocenters. The van der Waals surface area contributed by atoms with Crippen molar-refractivity contribution in [2.24, 2.45) is 0 Å². The molecule has 0 aliphatic carbocycles. The van der Waals surface area contributed by atoms with Gasteiger partial charge in [0.05, 0.1) is 11.6 Å². The second-order valence-corrected chi connectivity index (χ2v) is 8.40. The molecule has 36 heavy (non-hydrogen) atoms. The molecule has 0 aliphatic heterocycles. The smallest absolute Gasteiger partial charge is 0.408 e. The molecule has 4 rings (SSSR count). The van der Waals surface area contributed by atoms with Gasteiger partial charge in [-0.1, -0.05) is 55.5 Å². The third kappa shape index (κ3) is 5.22. The van der Waals surface area contributed by atoms with Crippen molar-refractivity contribution in [3.63, 3.8) is 0 Å². The summed E-state index contributed by atoms with van der Waals surface area (Å²) < 4.78 is 5.36. The van der Waals surface area contributed by atoms with E-state index in [9.17, 15) is 19.5 Å². The number of amides is 1. The van der Waals surface area contributed by atoms with Gasteiger partial charge in [-0.25, -0.2) is 9.59 Å². The zero-order valence-corrected chi connectivity index (χ0v) is 19.8. The predicted molar refractivity (Wildman–Crippen MR) is 137 cm³/mol. The second kappa shape index (κ2) is 10.8. The summed E-state index contributed by atoms with van der Waals surface area (Å²) in [4.78, 5) is 41.6. The van der Waals surface area contributed by atoms with Crippen LogP contribution in [0, 0.1) is 0 Å². The number of hydrogen-bond acceptors (Lipinski definition) is 5. The van der Waals surface area contributed by atoms with Crippen molar-refractivity contribution >= 4 is 34.4 Å². The number of anilines is 1. The van der Waals surface area contributed by atoms with Gasteiger partial charge in [0.1, 0.15) is 6.61 Å². The number of Topliss-reactive ketones (excluding diaryl/α,β-unsaturated/α-hetero) is 1. The number of carbonyl (C=O) groups excluding carboxylic acids is 2. The van der Waals surface area contributed by atoms with Gasteiger partial charge in [-0.05, 0) is 41.3 Å². The molecular formula is C28H27N3O5. The van der Waals surface area contributed by atoms with Gasteiger partial charge in [0.2, 0.25) is 0 Å². The molecule has 4 aromatic rings. The Morgan fingerprint density at radius 3 is 2.47 bits per heavy atom. The van der Waals surface area contributed by atoms with E-state index in [0.29, 0.717) is 5.56 Å². The summed E-state index contributed by atoms with van der Waals surface area (Å²) in [6, 6.07) is 18.6. The van der Waals surface area contributed by atoms with Crippen LogP contribution in [0.5, 0.6) is 0 Å². The van der Waals surface area contributed by atoms with Gasteiger partial charge >= 0.3 is 12.1 Å². The lowest BCUT2D eigenvalue weighted by Gasteiger charge is -2.21. The van der Waals surface area contributed by atoms with E-state index < -0.39 is 23.9 Å². The summed E-state index contributed by atoms with van der Waals surface area (Å²) >= 11 is 0. The molecule has 0 spiro atoms. The minimum atomic E-state index is -1.15. The van der Waals surface area contributed by atoms with E-state index in [0.717, 1.165) is 22.0 Å². The number of carboxylic acids is 1. The van der Waals surface area contributed by atoms with Crippen LogP contribution in [0.3, 0.4) is 0 Å². The summed E-state index contributed by atoms with van der Waals surface area (Å²) in [6.45, 7) is 1.80. The average molecular weight is 486 g/mol. The maximum absolute atomic E-state index is 13.8. The third-order valence-electron chi connectivity index (χ3n) is 6.10. The van der Waals surface area contributed by atoms with Crippen molar-refractivity contribution in [2.75, 3.05) is 5.73 Å². The highest BCUT2D eigenvalue weighted by atomic mass is 16.5. The number of ether oxygens (including phenoxy) is 1. The Labute approximate surface area is 208 Å². The maximum atomic E-state index is 13.8. The zero-order chi connectivity index (χ0) is 25.7. The number of H-pyrrole nitrogens is 1. The van der Waals surface area contributed by atoms with Crippen molar-refractivity contribution in [2.45, 2.75) is 32.4 Å². The SMILES string of the molecule is CCc1c(C(=O)O)ccc(N)c1C(=O)[C@H](Cc1c[nH]c2ccccc12)NC(=O)OCc1ccccc1. The van der Waals surface area contributed by atoms with Crippen LogP contribution in [-0.4, -0.2) is 34.0 Å². The van der Waals surface area contributed by atoms with E-state index >= 15 is 0 Å². The number of carboxylic acid groups (broad SMARTS) is 1. The fourth-order valence-corrected chi connectivity index (χ4v) is 4.34. The molecule has 0 saturated heterocycles. The van der Waals surface area contributed by atoms with E-state index in [-0.39, 0.29) is 36.3 Å². The van der Waals surface area contributed by atoms with Gasteiger partial charge in [0.25, 0.3) is 0 Å². The number of ketones is 1. The third-order valence-corrected chi connectivity index (χ3v) is 6.10. The number of hydrogen-bond donors (Lipinski definition) is 4. The van der Waals surface area contributed by atoms with E-state index in [4.69, 9.17) is 10.5 Å². The number of nitrogens with one attached hydrogen (secondary N) is 2. The molecule has 3 aromatic carbocycles. The first-order valence-electron chi connectivity index (χ1n) is 11.6. The van der Waals surface area contributed by atoms with Crippen molar-refractivity contribution in [3.8, 4) is 0 Å². The van der Waals surface area contributed by atoms with E-state index in [1.54, 1.807) is 13.1 Å². The largest absolute Gasteiger partial charge is 0.478 e. The van der Waals surface area contributed by atoms with Crippen LogP contribution in [0.25, 0.3) is 10.9 Å². The van der Waals surface area contributed by atoms with Gasteiger partial charge in [-0.3, -0.25) is 4.79 Å². The number of alkyl carbamates (subject to hydrolysis) is 1. The van der Waals surface area contributed by atoms with Crippen molar-refractivity contribution in [3.05, 3.63) is 101 Å². The number of aromatic amines is 1. The molecule has 1 amide bonds. The fraction of sp³-hybridized carbons (Fsp3) is 0.179. The zero-order valence-electron chi connectivity index (χ0n) is 19.8.